The first kappa shape index (κ1) is 11.6. The Morgan fingerprint density at radius 1 is 1.41 bits per heavy atom. The van der Waals surface area contributed by atoms with Crippen molar-refractivity contribution < 1.29 is 9.59 Å². The van der Waals surface area contributed by atoms with Crippen molar-refractivity contribution in [3.05, 3.63) is 11.4 Å². The summed E-state index contributed by atoms with van der Waals surface area (Å²) in [5.74, 6) is -0.889. The van der Waals surface area contributed by atoms with E-state index in [1.165, 1.54) is 0 Å². The molecule has 2 rings (SSSR count). The summed E-state index contributed by atoms with van der Waals surface area (Å²) in [6, 6.07) is 1.94. The number of likely N-dealkylation sites (tertiary alicyclic amines) is 1. The van der Waals surface area contributed by atoms with Crippen molar-refractivity contribution in [2.45, 2.75) is 26.2 Å². The summed E-state index contributed by atoms with van der Waals surface area (Å²) in [6.45, 7) is 3.37. The molecule has 1 atom stereocenters. The van der Waals surface area contributed by atoms with Crippen LogP contribution in [-0.2, 0) is 9.59 Å². The van der Waals surface area contributed by atoms with E-state index in [0.29, 0.717) is 12.2 Å². The molecule has 0 aromatic heterocycles. The molecule has 0 spiro atoms. The van der Waals surface area contributed by atoms with Gasteiger partial charge < -0.3 is 10.2 Å². The van der Waals surface area contributed by atoms with Crippen LogP contribution in [0.5, 0.6) is 0 Å². The molecule has 5 nitrogen and oxygen atoms in total. The fourth-order valence-electron chi connectivity index (χ4n) is 2.33. The molecule has 0 bridgehead atoms. The van der Waals surface area contributed by atoms with Crippen molar-refractivity contribution in [2.75, 3.05) is 13.1 Å². The van der Waals surface area contributed by atoms with E-state index in [1.54, 1.807) is 6.92 Å². The number of ketones is 1. The van der Waals surface area contributed by atoms with Crippen molar-refractivity contribution in [1.29, 1.82) is 5.26 Å². The van der Waals surface area contributed by atoms with Gasteiger partial charge in [-0.25, -0.2) is 0 Å². The molecule has 0 radical (unpaired) electrons. The average molecular weight is 233 g/mol. The van der Waals surface area contributed by atoms with Gasteiger partial charge in [0.05, 0.1) is 0 Å². The second kappa shape index (κ2) is 4.58. The Bertz CT molecular complexity index is 428. The van der Waals surface area contributed by atoms with Crippen LogP contribution >= 0.6 is 0 Å². The van der Waals surface area contributed by atoms with Crippen molar-refractivity contribution >= 4 is 11.7 Å². The standard InChI is InChI=1S/C12H15N3O2/c1-2-8-10(16)9(7-13)11(14-12(8)17)15-5-3-4-6-15/h8H,2-6H2,1H3,(H,14,17). The molecule has 1 fully saturated rings. The van der Waals surface area contributed by atoms with E-state index in [0.717, 1.165) is 25.9 Å². The van der Waals surface area contributed by atoms with E-state index < -0.39 is 5.92 Å². The van der Waals surface area contributed by atoms with E-state index in [4.69, 9.17) is 5.26 Å². The number of hydrogen-bond acceptors (Lipinski definition) is 4. The Morgan fingerprint density at radius 2 is 2.06 bits per heavy atom. The number of rotatable bonds is 2. The monoisotopic (exact) mass is 233 g/mol. The van der Waals surface area contributed by atoms with E-state index in [2.05, 4.69) is 5.32 Å². The van der Waals surface area contributed by atoms with Crippen molar-refractivity contribution in [2.24, 2.45) is 5.92 Å². The molecule has 17 heavy (non-hydrogen) atoms. The lowest BCUT2D eigenvalue weighted by atomic mass is 9.91. The fourth-order valence-corrected chi connectivity index (χ4v) is 2.33. The van der Waals surface area contributed by atoms with E-state index in [1.807, 2.05) is 11.0 Å². The van der Waals surface area contributed by atoms with Gasteiger partial charge in [-0.3, -0.25) is 9.59 Å². The van der Waals surface area contributed by atoms with Gasteiger partial charge in [0.15, 0.2) is 5.78 Å². The molecular formula is C12H15N3O2. The second-order valence-corrected chi connectivity index (χ2v) is 4.34. The minimum Gasteiger partial charge on any atom is -0.357 e. The molecule has 2 heterocycles. The van der Waals surface area contributed by atoms with Crippen molar-refractivity contribution in [1.82, 2.24) is 10.2 Å². The van der Waals surface area contributed by atoms with E-state index >= 15 is 0 Å². The minimum atomic E-state index is -0.698. The van der Waals surface area contributed by atoms with Gasteiger partial charge in [0.2, 0.25) is 5.91 Å². The Labute approximate surface area is 100 Å². The van der Waals surface area contributed by atoms with Gasteiger partial charge in [-0.05, 0) is 19.3 Å². The first-order chi connectivity index (χ1) is 8.19. The first-order valence-electron chi connectivity index (χ1n) is 5.93. The summed E-state index contributed by atoms with van der Waals surface area (Å²) < 4.78 is 0. The minimum absolute atomic E-state index is 0.110. The molecule has 1 N–H and O–H groups in total. The summed E-state index contributed by atoms with van der Waals surface area (Å²) in [5, 5.41) is 11.8. The highest BCUT2D eigenvalue weighted by Crippen LogP contribution is 2.23. The number of nitrogens with zero attached hydrogens (tertiary/aromatic N) is 2. The number of carbonyl (C=O) groups excluding carboxylic acids is 2. The van der Waals surface area contributed by atoms with Gasteiger partial charge in [0.1, 0.15) is 23.4 Å². The molecule has 5 heteroatoms. The van der Waals surface area contributed by atoms with E-state index in [-0.39, 0.29) is 17.3 Å². The maximum Gasteiger partial charge on any atom is 0.236 e. The SMILES string of the molecule is CCC1C(=O)NC(N2CCCC2)=C(C#N)C1=O. The summed E-state index contributed by atoms with van der Waals surface area (Å²) in [7, 11) is 0. The molecule has 1 unspecified atom stereocenters. The second-order valence-electron chi connectivity index (χ2n) is 4.34. The Morgan fingerprint density at radius 3 is 2.59 bits per heavy atom. The molecule has 2 aliphatic rings. The van der Waals surface area contributed by atoms with E-state index in [9.17, 15) is 9.59 Å². The molecule has 1 amide bonds. The largest absolute Gasteiger partial charge is 0.357 e. The number of allylic oxidation sites excluding steroid dienone is 1. The zero-order valence-electron chi connectivity index (χ0n) is 9.82. The van der Waals surface area contributed by atoms with Crippen LogP contribution in [0.2, 0.25) is 0 Å². The average Bonchev–Trinajstić information content (AvgIpc) is 2.82. The molecule has 0 aromatic carbocycles. The lowest BCUT2D eigenvalue weighted by Crippen LogP contribution is -2.46. The maximum atomic E-state index is 12.0. The summed E-state index contributed by atoms with van der Waals surface area (Å²) in [6.07, 6.45) is 2.50. The zero-order valence-corrected chi connectivity index (χ0v) is 9.82. The Hall–Kier alpha value is -1.83. The molecule has 2 aliphatic heterocycles. The third kappa shape index (κ3) is 1.91. The lowest BCUT2D eigenvalue weighted by molar-refractivity contribution is -0.133. The van der Waals surface area contributed by atoms with Gasteiger partial charge in [-0.1, -0.05) is 6.92 Å². The number of nitrogens with one attached hydrogen (secondary N) is 1. The van der Waals surface area contributed by atoms with Crippen LogP contribution in [0.4, 0.5) is 0 Å². The van der Waals surface area contributed by atoms with Gasteiger partial charge in [0, 0.05) is 13.1 Å². The predicted molar refractivity (Wildman–Crippen MR) is 60.4 cm³/mol. The molecule has 0 aliphatic carbocycles. The van der Waals surface area contributed by atoms with Crippen LogP contribution in [0.1, 0.15) is 26.2 Å². The Balaban J connectivity index is 2.37. The van der Waals surface area contributed by atoms with Gasteiger partial charge >= 0.3 is 0 Å². The first-order valence-corrected chi connectivity index (χ1v) is 5.93. The fraction of sp³-hybridized carbons (Fsp3) is 0.583. The normalized spacial score (nSPS) is 24.9. The molecule has 90 valence electrons. The van der Waals surface area contributed by atoms with Crippen molar-refractivity contribution in [3.8, 4) is 6.07 Å². The van der Waals surface area contributed by atoms with Crippen LogP contribution in [0.15, 0.2) is 11.4 Å². The van der Waals surface area contributed by atoms with Gasteiger partial charge in [-0.15, -0.1) is 0 Å². The number of carbonyl (C=O) groups is 2. The topological polar surface area (TPSA) is 73.2 Å². The van der Waals surface area contributed by atoms with Crippen LogP contribution in [0.25, 0.3) is 0 Å². The quantitative estimate of drug-likeness (QED) is 0.706. The molecule has 1 saturated heterocycles. The predicted octanol–water partition coefficient (Wildman–Crippen LogP) is 0.542. The third-order valence-corrected chi connectivity index (χ3v) is 3.30. The molecular weight excluding hydrogens is 218 g/mol. The summed E-state index contributed by atoms with van der Waals surface area (Å²) in [4.78, 5) is 25.7. The smallest absolute Gasteiger partial charge is 0.236 e. The van der Waals surface area contributed by atoms with Gasteiger partial charge in [-0.2, -0.15) is 5.26 Å². The number of amides is 1. The highest BCUT2D eigenvalue weighted by molar-refractivity contribution is 6.14. The lowest BCUT2D eigenvalue weighted by Gasteiger charge is -2.28. The third-order valence-electron chi connectivity index (χ3n) is 3.30. The number of nitriles is 1. The van der Waals surface area contributed by atoms with Crippen LogP contribution < -0.4 is 5.32 Å². The van der Waals surface area contributed by atoms with Gasteiger partial charge in [0.25, 0.3) is 0 Å². The highest BCUT2D eigenvalue weighted by atomic mass is 16.2. The number of Topliss-reactive ketones (excluding diaryl/α,β-unsaturated/α-hetero) is 1. The number of hydrogen-bond donors (Lipinski definition) is 1. The molecule has 0 saturated carbocycles. The summed E-state index contributed by atoms with van der Waals surface area (Å²) >= 11 is 0. The summed E-state index contributed by atoms with van der Waals surface area (Å²) in [5.41, 5.74) is 0.110. The van der Waals surface area contributed by atoms with Crippen molar-refractivity contribution in [3.63, 3.8) is 0 Å². The Kier molecular flexibility index (Phi) is 3.14. The van der Waals surface area contributed by atoms with Crippen LogP contribution in [0.3, 0.4) is 0 Å². The maximum absolute atomic E-state index is 12.0. The zero-order chi connectivity index (χ0) is 12.4. The van der Waals surface area contributed by atoms with Crippen LogP contribution in [-0.4, -0.2) is 29.7 Å². The van der Waals surface area contributed by atoms with Crippen LogP contribution in [0, 0.1) is 17.2 Å². The molecule has 0 aromatic rings. The highest BCUT2D eigenvalue weighted by Gasteiger charge is 2.37.